The van der Waals surface area contributed by atoms with Crippen molar-refractivity contribution in [3.63, 3.8) is 0 Å². The Hall–Kier alpha value is -3.95. The first-order chi connectivity index (χ1) is 12.9. The molecule has 0 aliphatic heterocycles. The van der Waals surface area contributed by atoms with Gasteiger partial charge < -0.3 is 25.4 Å². The first kappa shape index (κ1) is 17.9. The highest BCUT2D eigenvalue weighted by Crippen LogP contribution is 2.17. The van der Waals surface area contributed by atoms with Gasteiger partial charge in [0.05, 0.1) is 0 Å². The smallest absolute Gasteiger partial charge is 0.280 e. The van der Waals surface area contributed by atoms with Gasteiger partial charge in [0.2, 0.25) is 11.8 Å². The molecule has 0 spiro atoms. The fraction of sp³-hybridized carbons (Fsp3) is 0.118. The molecule has 0 atom stereocenters. The molecule has 138 valence electrons. The first-order valence-corrected chi connectivity index (χ1v) is 7.88. The molecule has 3 rings (SSSR count). The highest BCUT2D eigenvalue weighted by molar-refractivity contribution is 6.02. The van der Waals surface area contributed by atoms with Gasteiger partial charge in [-0.25, -0.2) is 0 Å². The molecule has 0 radical (unpaired) electrons. The maximum atomic E-state index is 5.87. The molecule has 1 aromatic carbocycles. The van der Waals surface area contributed by atoms with Gasteiger partial charge >= 0.3 is 0 Å². The molecule has 2 heterocycles. The lowest BCUT2D eigenvalue weighted by molar-refractivity contribution is 0.389. The zero-order valence-electron chi connectivity index (χ0n) is 14.8. The van der Waals surface area contributed by atoms with Crippen LogP contribution in [0.2, 0.25) is 0 Å². The van der Waals surface area contributed by atoms with Crippen molar-refractivity contribution >= 4 is 17.5 Å². The number of guanidine groups is 1. The highest BCUT2D eigenvalue weighted by atomic mass is 16.5. The van der Waals surface area contributed by atoms with Crippen LogP contribution in [0.5, 0.6) is 0 Å². The summed E-state index contributed by atoms with van der Waals surface area (Å²) in [5.74, 6) is 1.08. The summed E-state index contributed by atoms with van der Waals surface area (Å²) in [6, 6.07) is 11.2. The fourth-order valence-electron chi connectivity index (χ4n) is 2.11. The van der Waals surface area contributed by atoms with E-state index in [4.69, 9.17) is 20.5 Å². The summed E-state index contributed by atoms with van der Waals surface area (Å²) in [7, 11) is 1.81. The number of aromatic nitrogens is 3. The van der Waals surface area contributed by atoms with Gasteiger partial charge in [0.1, 0.15) is 11.6 Å². The van der Waals surface area contributed by atoms with Crippen molar-refractivity contribution in [3.05, 3.63) is 60.4 Å². The Balaban J connectivity index is 1.74. The van der Waals surface area contributed by atoms with Crippen LogP contribution in [0.25, 0.3) is 11.6 Å². The number of hydrogen-bond donors (Lipinski definition) is 2. The van der Waals surface area contributed by atoms with Crippen molar-refractivity contribution in [2.75, 3.05) is 11.9 Å². The van der Waals surface area contributed by atoms with Gasteiger partial charge in [0.25, 0.3) is 5.89 Å². The number of nitrogens with two attached hydrogens (primary N) is 2. The zero-order valence-corrected chi connectivity index (χ0v) is 14.8. The number of benzene rings is 1. The normalized spacial score (nSPS) is 12.2. The number of anilines is 1. The summed E-state index contributed by atoms with van der Waals surface area (Å²) >= 11 is 0. The van der Waals surface area contributed by atoms with E-state index in [0.29, 0.717) is 17.3 Å². The second-order valence-corrected chi connectivity index (χ2v) is 5.52. The number of rotatable bonds is 5. The van der Waals surface area contributed by atoms with Gasteiger partial charge in [-0.15, -0.1) is 0 Å². The molecule has 0 saturated heterocycles. The van der Waals surface area contributed by atoms with E-state index >= 15 is 0 Å². The summed E-state index contributed by atoms with van der Waals surface area (Å²) in [6.45, 7) is 5.63. The standard InChI is InChI=1S/C17H18N8O2/c1-10-9-13(23-26-10)16-22-15(24-27-16)14(18)21-17(19)20-11(2)25(3)12-7-5-4-6-8-12/h4-9H,2H2,1,3H3,(H4,18,19,20,21). The van der Waals surface area contributed by atoms with Crippen LogP contribution < -0.4 is 16.4 Å². The molecule has 0 unspecified atom stereocenters. The van der Waals surface area contributed by atoms with Gasteiger partial charge in [0, 0.05) is 18.8 Å². The van der Waals surface area contributed by atoms with E-state index in [1.54, 1.807) is 17.9 Å². The predicted molar refractivity (Wildman–Crippen MR) is 101 cm³/mol. The molecule has 2 aromatic heterocycles. The number of aryl methyl sites for hydroxylation is 1. The van der Waals surface area contributed by atoms with E-state index in [1.165, 1.54) is 0 Å². The minimum atomic E-state index is -0.0936. The van der Waals surface area contributed by atoms with Gasteiger partial charge in [-0.05, 0) is 19.1 Å². The van der Waals surface area contributed by atoms with Crippen LogP contribution in [0.1, 0.15) is 11.6 Å². The lowest BCUT2D eigenvalue weighted by Gasteiger charge is -2.18. The van der Waals surface area contributed by atoms with E-state index in [0.717, 1.165) is 5.69 Å². The Morgan fingerprint density at radius 1 is 1.11 bits per heavy atom. The predicted octanol–water partition coefficient (Wildman–Crippen LogP) is 1.66. The van der Waals surface area contributed by atoms with Crippen LogP contribution in [0, 0.1) is 6.92 Å². The Kier molecular flexibility index (Phi) is 4.97. The van der Waals surface area contributed by atoms with Gasteiger partial charge in [0.15, 0.2) is 11.5 Å². The second-order valence-electron chi connectivity index (χ2n) is 5.52. The number of hydrogen-bond acceptors (Lipinski definition) is 7. The summed E-state index contributed by atoms with van der Waals surface area (Å²) in [4.78, 5) is 14.0. The molecular formula is C17H18N8O2. The molecule has 0 bridgehead atoms. The third-order valence-electron chi connectivity index (χ3n) is 3.51. The summed E-state index contributed by atoms with van der Waals surface area (Å²) in [6.07, 6.45) is 0. The maximum Gasteiger partial charge on any atom is 0.280 e. The van der Waals surface area contributed by atoms with E-state index < -0.39 is 0 Å². The molecule has 10 nitrogen and oxygen atoms in total. The van der Waals surface area contributed by atoms with Crippen molar-refractivity contribution < 1.29 is 9.05 Å². The second kappa shape index (κ2) is 7.52. The number of amidine groups is 1. The maximum absolute atomic E-state index is 5.87. The van der Waals surface area contributed by atoms with E-state index in [9.17, 15) is 0 Å². The average Bonchev–Trinajstić information content (AvgIpc) is 3.30. The zero-order chi connectivity index (χ0) is 19.4. The topological polar surface area (TPSA) is 145 Å². The third-order valence-corrected chi connectivity index (χ3v) is 3.51. The Bertz CT molecular complexity index is 1000. The van der Waals surface area contributed by atoms with Crippen LogP contribution in [-0.2, 0) is 0 Å². The fourth-order valence-corrected chi connectivity index (χ4v) is 2.11. The molecule has 0 saturated carbocycles. The monoisotopic (exact) mass is 366 g/mol. The first-order valence-electron chi connectivity index (χ1n) is 7.88. The summed E-state index contributed by atoms with van der Waals surface area (Å²) < 4.78 is 10.1. The van der Waals surface area contributed by atoms with E-state index in [2.05, 4.69) is 31.9 Å². The molecule has 3 aromatic rings. The van der Waals surface area contributed by atoms with Gasteiger partial charge in [-0.1, -0.05) is 35.1 Å². The van der Waals surface area contributed by atoms with Crippen molar-refractivity contribution in [2.24, 2.45) is 21.5 Å². The van der Waals surface area contributed by atoms with Crippen LogP contribution in [0.3, 0.4) is 0 Å². The van der Waals surface area contributed by atoms with E-state index in [1.807, 2.05) is 37.4 Å². The van der Waals surface area contributed by atoms with Crippen molar-refractivity contribution in [1.82, 2.24) is 15.3 Å². The number of aliphatic imine (C=N–C) groups is 2. The van der Waals surface area contributed by atoms with Crippen LogP contribution in [0.15, 0.2) is 67.8 Å². The molecule has 0 aliphatic carbocycles. The summed E-state index contributed by atoms with van der Waals surface area (Å²) in [5.41, 5.74) is 13.0. The Labute approximate surface area is 154 Å². The van der Waals surface area contributed by atoms with Crippen molar-refractivity contribution in [3.8, 4) is 11.6 Å². The van der Waals surface area contributed by atoms with Gasteiger partial charge in [-0.2, -0.15) is 15.0 Å². The number of para-hydroxylation sites is 1. The molecule has 4 N–H and O–H groups in total. The average molecular weight is 366 g/mol. The molecule has 0 fully saturated rings. The molecule has 0 amide bonds. The lowest BCUT2D eigenvalue weighted by atomic mass is 10.3. The van der Waals surface area contributed by atoms with Gasteiger partial charge in [-0.3, -0.25) is 0 Å². The van der Waals surface area contributed by atoms with Crippen molar-refractivity contribution in [2.45, 2.75) is 6.92 Å². The molecule has 27 heavy (non-hydrogen) atoms. The molecule has 10 heteroatoms. The summed E-state index contributed by atoms with van der Waals surface area (Å²) in [5, 5.41) is 7.54. The molecular weight excluding hydrogens is 348 g/mol. The van der Waals surface area contributed by atoms with E-state index in [-0.39, 0.29) is 23.5 Å². The molecule has 0 aliphatic rings. The minimum Gasteiger partial charge on any atom is -0.380 e. The SMILES string of the molecule is C=C(/N=C(N)\N=C(/N)c1noc(-c2cc(C)on2)n1)N(C)c1ccccc1. The third kappa shape index (κ3) is 4.18. The number of nitrogens with zero attached hydrogens (tertiary/aromatic N) is 6. The Morgan fingerprint density at radius 2 is 1.85 bits per heavy atom. The highest BCUT2D eigenvalue weighted by Gasteiger charge is 2.15. The van der Waals surface area contributed by atoms with Crippen molar-refractivity contribution in [1.29, 1.82) is 0 Å². The quantitative estimate of drug-likeness (QED) is 0.512. The Morgan fingerprint density at radius 3 is 2.52 bits per heavy atom. The van der Waals surface area contributed by atoms with Crippen LogP contribution in [-0.4, -0.2) is 34.1 Å². The minimum absolute atomic E-state index is 0.0540. The lowest BCUT2D eigenvalue weighted by Crippen LogP contribution is -2.22. The van der Waals surface area contributed by atoms with Crippen LogP contribution >= 0.6 is 0 Å². The van der Waals surface area contributed by atoms with Crippen LogP contribution in [0.4, 0.5) is 5.69 Å². The largest absolute Gasteiger partial charge is 0.380 e.